The summed E-state index contributed by atoms with van der Waals surface area (Å²) in [6.45, 7) is 1.40. The second kappa shape index (κ2) is 2.45. The number of epoxide rings is 1. The van der Waals surface area contributed by atoms with Crippen molar-refractivity contribution in [3.05, 3.63) is 0 Å². The number of carbonyl (C=O) groups excluding carboxylic acids is 1. The lowest BCUT2D eigenvalue weighted by Crippen LogP contribution is -2.12. The van der Waals surface area contributed by atoms with E-state index in [-0.39, 0.29) is 6.10 Å². The van der Waals surface area contributed by atoms with Crippen LogP contribution >= 0.6 is 0 Å². The topological polar surface area (TPSA) is 54.0 Å². The van der Waals surface area contributed by atoms with E-state index in [1.54, 1.807) is 0 Å². The molecule has 4 heteroatoms. The number of ether oxygens (including phenoxy) is 1. The highest BCUT2D eigenvalue weighted by Crippen LogP contribution is 2.05. The summed E-state index contributed by atoms with van der Waals surface area (Å²) >= 11 is 0. The Bertz CT molecular complexity index is 115. The number of nitrogens with one attached hydrogen (secondary N) is 1. The maximum absolute atomic E-state index is 9.41. The van der Waals surface area contributed by atoms with E-state index in [9.17, 15) is 4.79 Å². The molecule has 0 saturated carbocycles. The van der Waals surface area contributed by atoms with Gasteiger partial charge >= 0.3 is 0 Å². The zero-order chi connectivity index (χ0) is 5.82. The van der Waals surface area contributed by atoms with Crippen molar-refractivity contribution < 1.29 is 9.53 Å². The zero-order valence-electron chi connectivity index (χ0n) is 4.26. The van der Waals surface area contributed by atoms with Crippen LogP contribution in [0.5, 0.6) is 0 Å². The third kappa shape index (κ3) is 1.73. The Morgan fingerprint density at radius 3 is 3.25 bits per heavy atom. The van der Waals surface area contributed by atoms with Crippen LogP contribution in [0, 0.1) is 0 Å². The molecule has 0 spiro atoms. The van der Waals surface area contributed by atoms with Crippen LogP contribution in [0.25, 0.3) is 0 Å². The lowest BCUT2D eigenvalue weighted by molar-refractivity contribution is 0.398. The van der Waals surface area contributed by atoms with Gasteiger partial charge in [-0.2, -0.15) is 0 Å². The molecule has 1 atom stereocenters. The summed E-state index contributed by atoms with van der Waals surface area (Å²) in [7, 11) is 0. The fourth-order valence-electron chi connectivity index (χ4n) is 0.366. The maximum atomic E-state index is 9.41. The molecule has 1 saturated heterocycles. The van der Waals surface area contributed by atoms with Crippen LogP contribution in [-0.4, -0.2) is 25.3 Å². The highest BCUT2D eigenvalue weighted by Gasteiger charge is 2.21. The summed E-state index contributed by atoms with van der Waals surface area (Å²) in [5, 5.41) is 3.12. The summed E-state index contributed by atoms with van der Waals surface area (Å²) in [6, 6.07) is 0. The molecule has 8 heavy (non-hydrogen) atoms. The minimum Gasteiger partial charge on any atom is -0.371 e. The Balaban J connectivity index is 1.95. The molecule has 1 N–H and O–H groups in total. The van der Waals surface area contributed by atoms with Crippen molar-refractivity contribution in [1.82, 2.24) is 5.43 Å². The first-order valence-corrected chi connectivity index (χ1v) is 2.35. The summed E-state index contributed by atoms with van der Waals surface area (Å²) in [4.78, 5) is 9.41. The Morgan fingerprint density at radius 2 is 2.75 bits per heavy atom. The molecular formula is C4H6N2O2. The van der Waals surface area contributed by atoms with Gasteiger partial charge in [-0.05, 0) is 0 Å². The van der Waals surface area contributed by atoms with Crippen molar-refractivity contribution in [3.63, 3.8) is 0 Å². The summed E-state index contributed by atoms with van der Waals surface area (Å²) in [5.74, 6) is 0. The van der Waals surface area contributed by atoms with E-state index in [0.717, 1.165) is 6.61 Å². The van der Waals surface area contributed by atoms with Crippen molar-refractivity contribution >= 4 is 6.08 Å². The monoisotopic (exact) mass is 114 g/mol. The van der Waals surface area contributed by atoms with Crippen molar-refractivity contribution in [1.29, 1.82) is 0 Å². The van der Waals surface area contributed by atoms with Crippen LogP contribution in [-0.2, 0) is 9.53 Å². The molecule has 0 aromatic carbocycles. The van der Waals surface area contributed by atoms with Crippen molar-refractivity contribution in [2.24, 2.45) is 5.10 Å². The van der Waals surface area contributed by atoms with Crippen molar-refractivity contribution in [2.75, 3.05) is 13.2 Å². The molecule has 0 aliphatic carbocycles. The van der Waals surface area contributed by atoms with Gasteiger partial charge in [0.05, 0.1) is 19.3 Å². The highest BCUT2D eigenvalue weighted by molar-refractivity contribution is 5.32. The normalized spacial score (nSPS) is 23.8. The Labute approximate surface area is 46.5 Å². The molecule has 0 aromatic heterocycles. The number of rotatable bonds is 3. The Kier molecular flexibility index (Phi) is 1.62. The maximum Gasteiger partial charge on any atom is 0.258 e. The van der Waals surface area contributed by atoms with Gasteiger partial charge in [0.2, 0.25) is 0 Å². The third-order valence-corrected chi connectivity index (χ3v) is 0.846. The van der Waals surface area contributed by atoms with Gasteiger partial charge in [0.1, 0.15) is 0 Å². The predicted octanol–water partition coefficient (Wildman–Crippen LogP) is -0.774. The molecule has 0 amide bonds. The molecule has 1 fully saturated rings. The van der Waals surface area contributed by atoms with Crippen molar-refractivity contribution in [3.8, 4) is 0 Å². The van der Waals surface area contributed by atoms with Gasteiger partial charge in [0, 0.05) is 0 Å². The molecule has 0 aromatic rings. The summed E-state index contributed by atoms with van der Waals surface area (Å²) < 4.78 is 4.80. The molecule has 4 nitrogen and oxygen atoms in total. The van der Waals surface area contributed by atoms with E-state index in [4.69, 9.17) is 4.74 Å². The standard InChI is InChI=1S/C4H6N2O2/c7-3-6-5-1-4-2-8-4/h4-5H,1-2H2. The molecule has 0 bridgehead atoms. The molecule has 44 valence electrons. The van der Waals surface area contributed by atoms with Crippen LogP contribution in [0.2, 0.25) is 0 Å². The van der Waals surface area contributed by atoms with Gasteiger partial charge < -0.3 is 4.74 Å². The zero-order valence-corrected chi connectivity index (χ0v) is 4.26. The van der Waals surface area contributed by atoms with E-state index in [1.807, 2.05) is 0 Å². The van der Waals surface area contributed by atoms with Crippen LogP contribution in [0.1, 0.15) is 0 Å². The lowest BCUT2D eigenvalue weighted by atomic mass is 10.5. The second-order valence-electron chi connectivity index (χ2n) is 1.52. The Hall–Kier alpha value is -0.860. The predicted molar refractivity (Wildman–Crippen MR) is 25.9 cm³/mol. The molecule has 1 aliphatic heterocycles. The van der Waals surface area contributed by atoms with Gasteiger partial charge in [-0.15, -0.1) is 0 Å². The average molecular weight is 114 g/mol. The van der Waals surface area contributed by atoms with Gasteiger partial charge in [0.15, 0.2) is 0 Å². The van der Waals surface area contributed by atoms with E-state index < -0.39 is 0 Å². The first-order valence-electron chi connectivity index (χ1n) is 2.35. The van der Waals surface area contributed by atoms with Crippen molar-refractivity contribution in [2.45, 2.75) is 6.10 Å². The van der Waals surface area contributed by atoms with E-state index in [1.165, 1.54) is 6.08 Å². The SMILES string of the molecule is O=C=NNCC1CO1. The molecular weight excluding hydrogens is 108 g/mol. The largest absolute Gasteiger partial charge is 0.371 e. The molecule has 0 radical (unpaired) electrons. The first-order chi connectivity index (χ1) is 3.93. The number of hydrogen-bond donors (Lipinski definition) is 1. The summed E-state index contributed by atoms with van der Waals surface area (Å²) in [5.41, 5.74) is 2.47. The van der Waals surface area contributed by atoms with Crippen LogP contribution in [0.15, 0.2) is 5.10 Å². The first kappa shape index (κ1) is 5.28. The van der Waals surface area contributed by atoms with E-state index >= 15 is 0 Å². The van der Waals surface area contributed by atoms with Crippen LogP contribution < -0.4 is 5.43 Å². The quantitative estimate of drug-likeness (QED) is 0.227. The van der Waals surface area contributed by atoms with Crippen LogP contribution in [0.4, 0.5) is 0 Å². The minimum atomic E-state index is 0.270. The highest BCUT2D eigenvalue weighted by atomic mass is 16.6. The van der Waals surface area contributed by atoms with Gasteiger partial charge in [0.25, 0.3) is 6.08 Å². The minimum absolute atomic E-state index is 0.270. The van der Waals surface area contributed by atoms with E-state index in [2.05, 4.69) is 10.5 Å². The molecule has 1 aliphatic rings. The second-order valence-corrected chi connectivity index (χ2v) is 1.52. The fourth-order valence-corrected chi connectivity index (χ4v) is 0.366. The Morgan fingerprint density at radius 1 is 2.00 bits per heavy atom. The number of nitrogens with zero attached hydrogens (tertiary/aromatic N) is 1. The lowest BCUT2D eigenvalue weighted by Gasteiger charge is -1.87. The molecule has 1 rings (SSSR count). The third-order valence-electron chi connectivity index (χ3n) is 0.846. The van der Waals surface area contributed by atoms with Gasteiger partial charge in [-0.25, -0.2) is 4.79 Å². The average Bonchev–Trinajstić information content (AvgIpc) is 2.51. The number of hydrogen-bond acceptors (Lipinski definition) is 4. The number of hydrazone groups is 1. The number of isocyanates is 1. The van der Waals surface area contributed by atoms with Crippen LogP contribution in [0.3, 0.4) is 0 Å². The van der Waals surface area contributed by atoms with Gasteiger partial charge in [-0.3, -0.25) is 5.43 Å². The molecule has 1 heterocycles. The molecule has 1 unspecified atom stereocenters. The smallest absolute Gasteiger partial charge is 0.258 e. The van der Waals surface area contributed by atoms with E-state index in [0.29, 0.717) is 6.54 Å². The fraction of sp³-hybridized carbons (Fsp3) is 0.750. The summed E-state index contributed by atoms with van der Waals surface area (Å²) in [6.07, 6.45) is 1.63. The van der Waals surface area contributed by atoms with Gasteiger partial charge in [-0.1, -0.05) is 5.10 Å².